The normalized spacial score (nSPS) is 10.7. The minimum absolute atomic E-state index is 0.399. The SMILES string of the molecule is O=[N+]([O-])c1cc(C(F)F)nc(CCl)c1F. The molecule has 0 aliphatic rings. The third-order valence-electron chi connectivity index (χ3n) is 1.57. The Morgan fingerprint density at radius 3 is 2.60 bits per heavy atom. The number of nitrogens with zero attached hydrogens (tertiary/aromatic N) is 2. The molecule has 0 radical (unpaired) electrons. The molecule has 4 nitrogen and oxygen atoms in total. The van der Waals surface area contributed by atoms with Crippen LogP contribution in [0.1, 0.15) is 17.8 Å². The molecule has 0 unspecified atom stereocenters. The van der Waals surface area contributed by atoms with Crippen LogP contribution >= 0.6 is 11.6 Å². The fraction of sp³-hybridized carbons (Fsp3) is 0.286. The van der Waals surface area contributed by atoms with Crippen molar-refractivity contribution in [2.24, 2.45) is 0 Å². The minimum atomic E-state index is -3.01. The van der Waals surface area contributed by atoms with Crippen molar-refractivity contribution >= 4 is 17.3 Å². The van der Waals surface area contributed by atoms with E-state index in [4.69, 9.17) is 11.6 Å². The third kappa shape index (κ3) is 2.35. The van der Waals surface area contributed by atoms with Crippen molar-refractivity contribution in [2.75, 3.05) is 0 Å². The molecule has 1 heterocycles. The Morgan fingerprint density at radius 1 is 1.60 bits per heavy atom. The first-order valence-electron chi connectivity index (χ1n) is 3.65. The second kappa shape index (κ2) is 4.43. The largest absolute Gasteiger partial charge is 0.308 e. The molecule has 0 aliphatic carbocycles. The molecule has 0 saturated heterocycles. The molecule has 0 bridgehead atoms. The van der Waals surface area contributed by atoms with Gasteiger partial charge in [0.2, 0.25) is 5.82 Å². The zero-order valence-electron chi connectivity index (χ0n) is 7.08. The quantitative estimate of drug-likeness (QED) is 0.464. The zero-order valence-corrected chi connectivity index (χ0v) is 7.84. The first-order chi connectivity index (χ1) is 6.97. The van der Waals surface area contributed by atoms with E-state index < -0.39 is 40.1 Å². The van der Waals surface area contributed by atoms with Crippen LogP contribution in [-0.2, 0) is 5.88 Å². The lowest BCUT2D eigenvalue weighted by Gasteiger charge is -2.03. The molecule has 15 heavy (non-hydrogen) atoms. The van der Waals surface area contributed by atoms with Crippen LogP contribution in [0.15, 0.2) is 6.07 Å². The van der Waals surface area contributed by atoms with Crippen LogP contribution in [0.25, 0.3) is 0 Å². The Labute approximate surface area is 86.8 Å². The van der Waals surface area contributed by atoms with Crippen LogP contribution in [0.4, 0.5) is 18.9 Å². The summed E-state index contributed by atoms with van der Waals surface area (Å²) in [7, 11) is 0. The summed E-state index contributed by atoms with van der Waals surface area (Å²) in [4.78, 5) is 12.4. The molecule has 0 N–H and O–H groups in total. The average Bonchev–Trinajstić information content (AvgIpc) is 2.17. The van der Waals surface area contributed by atoms with Gasteiger partial charge in [-0.2, -0.15) is 4.39 Å². The molecular weight excluding hydrogens is 237 g/mol. The van der Waals surface area contributed by atoms with E-state index in [0.29, 0.717) is 6.07 Å². The highest BCUT2D eigenvalue weighted by atomic mass is 35.5. The first kappa shape index (κ1) is 11.7. The summed E-state index contributed by atoms with van der Waals surface area (Å²) in [5.41, 5.74) is -2.46. The van der Waals surface area contributed by atoms with E-state index in [0.717, 1.165) is 0 Å². The third-order valence-corrected chi connectivity index (χ3v) is 1.83. The van der Waals surface area contributed by atoms with Gasteiger partial charge in [-0.3, -0.25) is 10.1 Å². The molecule has 0 saturated carbocycles. The summed E-state index contributed by atoms with van der Waals surface area (Å²) in [6.45, 7) is 0. The first-order valence-corrected chi connectivity index (χ1v) is 4.18. The molecule has 1 rings (SSSR count). The number of rotatable bonds is 3. The molecule has 0 aromatic carbocycles. The highest BCUT2D eigenvalue weighted by molar-refractivity contribution is 6.16. The van der Waals surface area contributed by atoms with Crippen LogP contribution < -0.4 is 0 Å². The molecule has 0 amide bonds. The Hall–Kier alpha value is -1.37. The standard InChI is InChI=1S/C7H4ClF3N2O2/c8-2-4-6(9)5(13(14)15)1-3(12-4)7(10)11/h1,7H,2H2. The predicted octanol–water partition coefficient (Wildman–Crippen LogP) is 2.81. The summed E-state index contributed by atoms with van der Waals surface area (Å²) in [5.74, 6) is -1.79. The lowest BCUT2D eigenvalue weighted by atomic mass is 10.2. The van der Waals surface area contributed by atoms with E-state index >= 15 is 0 Å². The number of hydrogen-bond acceptors (Lipinski definition) is 3. The number of aromatic nitrogens is 1. The van der Waals surface area contributed by atoms with Crippen LogP contribution in [0, 0.1) is 15.9 Å². The number of hydrogen-bond donors (Lipinski definition) is 0. The van der Waals surface area contributed by atoms with E-state index in [-0.39, 0.29) is 0 Å². The summed E-state index contributed by atoms with van der Waals surface area (Å²) < 4.78 is 37.5. The van der Waals surface area contributed by atoms with Gasteiger partial charge >= 0.3 is 5.69 Å². The van der Waals surface area contributed by atoms with Crippen LogP contribution in [-0.4, -0.2) is 9.91 Å². The lowest BCUT2D eigenvalue weighted by molar-refractivity contribution is -0.387. The Kier molecular flexibility index (Phi) is 3.46. The van der Waals surface area contributed by atoms with Crippen LogP contribution in [0.2, 0.25) is 0 Å². The van der Waals surface area contributed by atoms with Gasteiger partial charge in [0.05, 0.1) is 16.5 Å². The maximum atomic E-state index is 13.1. The van der Waals surface area contributed by atoms with Gasteiger partial charge < -0.3 is 0 Å². The number of nitro groups is 1. The van der Waals surface area contributed by atoms with Crippen molar-refractivity contribution in [3.05, 3.63) is 33.4 Å². The van der Waals surface area contributed by atoms with E-state index in [2.05, 4.69) is 4.98 Å². The maximum absolute atomic E-state index is 13.1. The molecule has 0 aliphatic heterocycles. The van der Waals surface area contributed by atoms with Gasteiger partial charge in [0, 0.05) is 6.07 Å². The van der Waals surface area contributed by atoms with E-state index in [1.165, 1.54) is 0 Å². The van der Waals surface area contributed by atoms with Crippen molar-refractivity contribution in [1.82, 2.24) is 4.98 Å². The fourth-order valence-electron chi connectivity index (χ4n) is 0.922. The number of alkyl halides is 3. The molecule has 82 valence electrons. The van der Waals surface area contributed by atoms with Gasteiger partial charge in [-0.15, -0.1) is 11.6 Å². The molecular formula is C7H4ClF3N2O2. The van der Waals surface area contributed by atoms with Crippen LogP contribution in [0.5, 0.6) is 0 Å². The van der Waals surface area contributed by atoms with Crippen LogP contribution in [0.3, 0.4) is 0 Å². The van der Waals surface area contributed by atoms with Gasteiger partial charge in [0.25, 0.3) is 6.43 Å². The lowest BCUT2D eigenvalue weighted by Crippen LogP contribution is -2.03. The molecule has 0 spiro atoms. The van der Waals surface area contributed by atoms with E-state index in [9.17, 15) is 23.3 Å². The maximum Gasteiger partial charge on any atom is 0.308 e. The predicted molar refractivity (Wildman–Crippen MR) is 45.4 cm³/mol. The minimum Gasteiger partial charge on any atom is -0.258 e. The highest BCUT2D eigenvalue weighted by Crippen LogP contribution is 2.26. The van der Waals surface area contributed by atoms with Gasteiger partial charge in [-0.05, 0) is 0 Å². The second-order valence-electron chi connectivity index (χ2n) is 2.52. The fourth-order valence-corrected chi connectivity index (χ4v) is 1.10. The Morgan fingerprint density at radius 2 is 2.20 bits per heavy atom. The van der Waals surface area contributed by atoms with Crippen molar-refractivity contribution in [2.45, 2.75) is 12.3 Å². The molecule has 0 atom stereocenters. The number of pyridine rings is 1. The Bertz CT molecular complexity index is 400. The number of halogens is 4. The highest BCUT2D eigenvalue weighted by Gasteiger charge is 2.23. The summed E-state index contributed by atoms with van der Waals surface area (Å²) in [5, 5.41) is 10.3. The van der Waals surface area contributed by atoms with Gasteiger partial charge in [-0.25, -0.2) is 13.8 Å². The summed E-state index contributed by atoms with van der Waals surface area (Å²) >= 11 is 5.22. The van der Waals surface area contributed by atoms with Gasteiger partial charge in [-0.1, -0.05) is 0 Å². The summed E-state index contributed by atoms with van der Waals surface area (Å²) in [6, 6.07) is 0.399. The molecule has 8 heteroatoms. The zero-order chi connectivity index (χ0) is 11.6. The summed E-state index contributed by atoms with van der Waals surface area (Å²) in [6.07, 6.45) is -3.01. The van der Waals surface area contributed by atoms with E-state index in [1.54, 1.807) is 0 Å². The van der Waals surface area contributed by atoms with Crippen molar-refractivity contribution < 1.29 is 18.1 Å². The monoisotopic (exact) mass is 240 g/mol. The van der Waals surface area contributed by atoms with Crippen molar-refractivity contribution in [3.8, 4) is 0 Å². The molecule has 1 aromatic heterocycles. The van der Waals surface area contributed by atoms with Crippen molar-refractivity contribution in [3.63, 3.8) is 0 Å². The van der Waals surface area contributed by atoms with Crippen molar-refractivity contribution in [1.29, 1.82) is 0 Å². The molecule has 0 fully saturated rings. The smallest absolute Gasteiger partial charge is 0.258 e. The topological polar surface area (TPSA) is 56.0 Å². The Balaban J connectivity index is 3.38. The van der Waals surface area contributed by atoms with E-state index in [1.807, 2.05) is 0 Å². The van der Waals surface area contributed by atoms with Gasteiger partial charge in [0.1, 0.15) is 5.69 Å². The second-order valence-corrected chi connectivity index (χ2v) is 2.79. The molecule has 1 aromatic rings. The average molecular weight is 241 g/mol. The van der Waals surface area contributed by atoms with Gasteiger partial charge in [0.15, 0.2) is 0 Å².